The minimum absolute atomic E-state index is 0.488. The molecule has 0 spiro atoms. The second kappa shape index (κ2) is 7.98. The Morgan fingerprint density at radius 1 is 1.23 bits per heavy atom. The molecule has 0 unspecified atom stereocenters. The van der Waals surface area contributed by atoms with E-state index in [1.54, 1.807) is 0 Å². The van der Waals surface area contributed by atoms with Crippen molar-refractivity contribution in [3.63, 3.8) is 0 Å². The molecule has 1 aliphatic rings. The molecule has 0 radical (unpaired) electrons. The maximum absolute atomic E-state index is 5.70. The number of hydrogen-bond donors (Lipinski definition) is 0. The first-order chi connectivity index (χ1) is 12.8. The van der Waals surface area contributed by atoms with Crippen LogP contribution in [0.2, 0.25) is 0 Å². The SMILES string of the molecule is CN(CCC[C@H]1CCCO1)Cc1cnc2c(-c3ccccc3)cnn2c1. The molecule has 1 saturated heterocycles. The van der Waals surface area contributed by atoms with Crippen LogP contribution >= 0.6 is 0 Å². The number of ether oxygens (including phenoxy) is 1. The van der Waals surface area contributed by atoms with Gasteiger partial charge in [0.2, 0.25) is 0 Å². The van der Waals surface area contributed by atoms with Crippen molar-refractivity contribution in [1.29, 1.82) is 0 Å². The fourth-order valence-corrected chi connectivity index (χ4v) is 3.67. The average molecular weight is 350 g/mol. The summed E-state index contributed by atoms with van der Waals surface area (Å²) in [7, 11) is 2.16. The largest absolute Gasteiger partial charge is 0.378 e. The molecule has 0 aliphatic carbocycles. The van der Waals surface area contributed by atoms with Crippen LogP contribution in [0.15, 0.2) is 48.9 Å². The Morgan fingerprint density at radius 2 is 2.12 bits per heavy atom. The van der Waals surface area contributed by atoms with E-state index in [0.29, 0.717) is 6.10 Å². The molecule has 1 atom stereocenters. The summed E-state index contributed by atoms with van der Waals surface area (Å²) in [5.74, 6) is 0. The van der Waals surface area contributed by atoms with E-state index in [1.807, 2.05) is 35.1 Å². The number of rotatable bonds is 7. The second-order valence-electron chi connectivity index (χ2n) is 7.17. The van der Waals surface area contributed by atoms with Crippen LogP contribution in [0.3, 0.4) is 0 Å². The van der Waals surface area contributed by atoms with Gasteiger partial charge in [-0.2, -0.15) is 5.10 Å². The molecular weight excluding hydrogens is 324 g/mol. The van der Waals surface area contributed by atoms with Crippen LogP contribution in [0, 0.1) is 0 Å². The van der Waals surface area contributed by atoms with Crippen molar-refractivity contribution in [1.82, 2.24) is 19.5 Å². The van der Waals surface area contributed by atoms with Crippen LogP contribution in [-0.4, -0.2) is 45.8 Å². The number of benzene rings is 1. The van der Waals surface area contributed by atoms with Crippen molar-refractivity contribution in [2.24, 2.45) is 0 Å². The third-order valence-electron chi connectivity index (χ3n) is 5.04. The third-order valence-corrected chi connectivity index (χ3v) is 5.04. The predicted octanol–water partition coefficient (Wildman–Crippen LogP) is 3.79. The van der Waals surface area contributed by atoms with Crippen molar-refractivity contribution in [2.75, 3.05) is 20.2 Å². The van der Waals surface area contributed by atoms with Crippen molar-refractivity contribution >= 4 is 5.65 Å². The first kappa shape index (κ1) is 17.2. The highest BCUT2D eigenvalue weighted by Crippen LogP contribution is 2.23. The van der Waals surface area contributed by atoms with Crippen molar-refractivity contribution < 1.29 is 4.74 Å². The molecule has 0 N–H and O–H groups in total. The maximum atomic E-state index is 5.70. The van der Waals surface area contributed by atoms with Gasteiger partial charge < -0.3 is 9.64 Å². The highest BCUT2D eigenvalue weighted by atomic mass is 16.5. The standard InChI is InChI=1S/C21H26N4O/c1-24(11-5-9-19-10-6-12-26-19)15-17-13-22-21-20(14-23-25(21)16-17)18-7-3-2-4-8-18/h2-4,7-8,13-14,16,19H,5-6,9-12,15H2,1H3/t19-/m0/s1. The van der Waals surface area contributed by atoms with E-state index in [9.17, 15) is 0 Å². The summed E-state index contributed by atoms with van der Waals surface area (Å²) in [5.41, 5.74) is 4.30. The number of fused-ring (bicyclic) bond motifs is 1. The summed E-state index contributed by atoms with van der Waals surface area (Å²) in [4.78, 5) is 7.01. The van der Waals surface area contributed by atoms with Gasteiger partial charge in [0, 0.05) is 36.7 Å². The van der Waals surface area contributed by atoms with E-state index in [0.717, 1.165) is 36.5 Å². The Bertz CT molecular complexity index is 840. The first-order valence-electron chi connectivity index (χ1n) is 9.47. The fraction of sp³-hybridized carbons (Fsp3) is 0.429. The Kier molecular flexibility index (Phi) is 5.27. The van der Waals surface area contributed by atoms with Crippen LogP contribution in [0.4, 0.5) is 0 Å². The summed E-state index contributed by atoms with van der Waals surface area (Å²) in [5, 5.41) is 4.50. The molecule has 3 heterocycles. The zero-order chi connectivity index (χ0) is 17.8. The summed E-state index contributed by atoms with van der Waals surface area (Å²) in [6.07, 6.45) is 11.2. The molecule has 0 bridgehead atoms. The molecular formula is C21H26N4O. The van der Waals surface area contributed by atoms with E-state index in [4.69, 9.17) is 4.74 Å². The van der Waals surface area contributed by atoms with E-state index >= 15 is 0 Å². The average Bonchev–Trinajstić information content (AvgIpc) is 3.32. The van der Waals surface area contributed by atoms with Gasteiger partial charge in [0.05, 0.1) is 12.3 Å². The zero-order valence-electron chi connectivity index (χ0n) is 15.3. The molecule has 1 fully saturated rings. The molecule has 5 nitrogen and oxygen atoms in total. The third kappa shape index (κ3) is 3.94. The van der Waals surface area contributed by atoms with Gasteiger partial charge in [0.1, 0.15) is 0 Å². The summed E-state index contributed by atoms with van der Waals surface area (Å²) in [6.45, 7) is 2.91. The monoisotopic (exact) mass is 350 g/mol. The van der Waals surface area contributed by atoms with E-state index in [-0.39, 0.29) is 0 Å². The summed E-state index contributed by atoms with van der Waals surface area (Å²) < 4.78 is 7.59. The minimum Gasteiger partial charge on any atom is -0.378 e. The smallest absolute Gasteiger partial charge is 0.162 e. The van der Waals surface area contributed by atoms with Crippen molar-refractivity contribution in [3.05, 3.63) is 54.5 Å². The van der Waals surface area contributed by atoms with Gasteiger partial charge in [-0.05, 0) is 44.8 Å². The Labute approximate surface area is 154 Å². The van der Waals surface area contributed by atoms with Crippen LogP contribution in [0.25, 0.3) is 16.8 Å². The van der Waals surface area contributed by atoms with Gasteiger partial charge in [-0.1, -0.05) is 30.3 Å². The molecule has 5 heteroatoms. The predicted molar refractivity (Wildman–Crippen MR) is 103 cm³/mol. The van der Waals surface area contributed by atoms with Gasteiger partial charge in [-0.15, -0.1) is 0 Å². The van der Waals surface area contributed by atoms with E-state index < -0.39 is 0 Å². The quantitative estimate of drug-likeness (QED) is 0.650. The van der Waals surface area contributed by atoms with Gasteiger partial charge in [-0.25, -0.2) is 9.50 Å². The Hall–Kier alpha value is -2.24. The van der Waals surface area contributed by atoms with Crippen LogP contribution in [0.5, 0.6) is 0 Å². The van der Waals surface area contributed by atoms with Gasteiger partial charge in [-0.3, -0.25) is 0 Å². The molecule has 1 aromatic carbocycles. The van der Waals surface area contributed by atoms with E-state index in [2.05, 4.69) is 40.4 Å². The number of nitrogens with zero attached hydrogens (tertiary/aromatic N) is 4. The Morgan fingerprint density at radius 3 is 2.92 bits per heavy atom. The summed E-state index contributed by atoms with van der Waals surface area (Å²) >= 11 is 0. The molecule has 3 aromatic rings. The lowest BCUT2D eigenvalue weighted by Crippen LogP contribution is -2.20. The molecule has 0 saturated carbocycles. The lowest BCUT2D eigenvalue weighted by atomic mass is 10.1. The summed E-state index contributed by atoms with van der Waals surface area (Å²) in [6, 6.07) is 10.3. The molecule has 1 aliphatic heterocycles. The van der Waals surface area contributed by atoms with E-state index in [1.165, 1.54) is 31.2 Å². The molecule has 0 amide bonds. The number of hydrogen-bond acceptors (Lipinski definition) is 4. The van der Waals surface area contributed by atoms with Crippen LogP contribution in [-0.2, 0) is 11.3 Å². The molecule has 4 rings (SSSR count). The maximum Gasteiger partial charge on any atom is 0.162 e. The van der Waals surface area contributed by atoms with Gasteiger partial charge >= 0.3 is 0 Å². The van der Waals surface area contributed by atoms with Crippen LogP contribution < -0.4 is 0 Å². The highest BCUT2D eigenvalue weighted by Gasteiger charge is 2.15. The zero-order valence-corrected chi connectivity index (χ0v) is 15.3. The van der Waals surface area contributed by atoms with Crippen molar-refractivity contribution in [2.45, 2.75) is 38.3 Å². The van der Waals surface area contributed by atoms with Crippen LogP contribution in [0.1, 0.15) is 31.2 Å². The topological polar surface area (TPSA) is 42.7 Å². The van der Waals surface area contributed by atoms with Crippen molar-refractivity contribution in [3.8, 4) is 11.1 Å². The fourth-order valence-electron chi connectivity index (χ4n) is 3.67. The molecule has 136 valence electrons. The second-order valence-corrected chi connectivity index (χ2v) is 7.17. The number of aromatic nitrogens is 3. The minimum atomic E-state index is 0.488. The Balaban J connectivity index is 1.38. The lowest BCUT2D eigenvalue weighted by Gasteiger charge is -2.17. The lowest BCUT2D eigenvalue weighted by molar-refractivity contribution is 0.0995. The normalized spacial score (nSPS) is 17.4. The molecule has 2 aromatic heterocycles. The first-order valence-corrected chi connectivity index (χ1v) is 9.47. The van der Waals surface area contributed by atoms with Gasteiger partial charge in [0.25, 0.3) is 0 Å². The van der Waals surface area contributed by atoms with Gasteiger partial charge in [0.15, 0.2) is 5.65 Å². The molecule has 26 heavy (non-hydrogen) atoms. The highest BCUT2D eigenvalue weighted by molar-refractivity contribution is 5.76.